The number of thiophene rings is 1. The third-order valence-electron chi connectivity index (χ3n) is 1.97. The predicted octanol–water partition coefficient (Wildman–Crippen LogP) is 3.75. The first-order chi connectivity index (χ1) is 6.48. The van der Waals surface area contributed by atoms with Crippen molar-refractivity contribution in [3.05, 3.63) is 21.2 Å². The number of aromatic nitrogens is 2. The minimum Gasteiger partial charge on any atom is -0.240 e. The molecule has 0 aromatic carbocycles. The lowest BCUT2D eigenvalue weighted by molar-refractivity contribution is 0.548. The van der Waals surface area contributed by atoms with Crippen LogP contribution < -0.4 is 0 Å². The lowest BCUT2D eigenvalue weighted by Gasteiger charge is -2.15. The van der Waals surface area contributed by atoms with Gasteiger partial charge in [0.15, 0.2) is 0 Å². The highest BCUT2D eigenvalue weighted by Gasteiger charge is 2.18. The lowest BCUT2D eigenvalue weighted by atomic mass is 9.96. The van der Waals surface area contributed by atoms with Crippen molar-refractivity contribution in [2.75, 3.05) is 0 Å². The van der Waals surface area contributed by atoms with Crippen LogP contribution in [0.5, 0.6) is 0 Å². The summed E-state index contributed by atoms with van der Waals surface area (Å²) in [5.41, 5.74) is 1.05. The zero-order valence-electron chi connectivity index (χ0n) is 8.34. The molecule has 0 N–H and O–H groups in total. The van der Waals surface area contributed by atoms with Crippen molar-refractivity contribution in [2.24, 2.45) is 0 Å². The molecule has 0 spiro atoms. The molecule has 14 heavy (non-hydrogen) atoms. The van der Waals surface area contributed by atoms with Crippen LogP contribution in [0.15, 0.2) is 15.4 Å². The Kier molecular flexibility index (Phi) is 2.35. The van der Waals surface area contributed by atoms with Gasteiger partial charge in [-0.15, -0.1) is 11.3 Å². The second-order valence-corrected chi connectivity index (χ2v) is 6.45. The molecule has 2 aromatic heterocycles. The maximum Gasteiger partial charge on any atom is 0.134 e. The largest absolute Gasteiger partial charge is 0.240 e. The Bertz CT molecular complexity index is 470. The van der Waals surface area contributed by atoms with Gasteiger partial charge in [0.05, 0.1) is 9.30 Å². The van der Waals surface area contributed by atoms with Crippen LogP contribution in [0.1, 0.15) is 26.6 Å². The van der Waals surface area contributed by atoms with Gasteiger partial charge in [-0.2, -0.15) is 0 Å². The molecule has 0 atom stereocenters. The summed E-state index contributed by atoms with van der Waals surface area (Å²) in [5, 5.41) is 3.15. The summed E-state index contributed by atoms with van der Waals surface area (Å²) in [6.07, 6.45) is 1.89. The zero-order valence-corrected chi connectivity index (χ0v) is 10.7. The van der Waals surface area contributed by atoms with Crippen LogP contribution in [0, 0.1) is 0 Å². The van der Waals surface area contributed by atoms with Gasteiger partial charge in [0.25, 0.3) is 0 Å². The first-order valence-electron chi connectivity index (χ1n) is 4.39. The van der Waals surface area contributed by atoms with E-state index >= 15 is 0 Å². The predicted molar refractivity (Wildman–Crippen MR) is 63.8 cm³/mol. The molecule has 4 heteroatoms. The molecule has 0 saturated heterocycles. The van der Waals surface area contributed by atoms with Gasteiger partial charge in [-0.25, -0.2) is 9.97 Å². The molecule has 0 aliphatic rings. The van der Waals surface area contributed by atoms with E-state index in [-0.39, 0.29) is 5.41 Å². The Morgan fingerprint density at radius 2 is 2.07 bits per heavy atom. The van der Waals surface area contributed by atoms with E-state index in [4.69, 9.17) is 0 Å². The van der Waals surface area contributed by atoms with Crippen molar-refractivity contribution < 1.29 is 0 Å². The van der Waals surface area contributed by atoms with Crippen molar-refractivity contribution in [1.82, 2.24) is 9.97 Å². The van der Waals surface area contributed by atoms with E-state index in [9.17, 15) is 0 Å². The molecule has 0 fully saturated rings. The second kappa shape index (κ2) is 3.28. The molecule has 0 bridgehead atoms. The van der Waals surface area contributed by atoms with Crippen molar-refractivity contribution in [3.63, 3.8) is 0 Å². The Hall–Kier alpha value is -0.480. The van der Waals surface area contributed by atoms with Crippen LogP contribution in [0.4, 0.5) is 0 Å². The number of hydrogen-bond acceptors (Lipinski definition) is 3. The normalized spacial score (nSPS) is 12.3. The molecule has 2 nitrogen and oxygen atoms in total. The molecule has 0 aliphatic heterocycles. The number of hydrogen-bond donors (Lipinski definition) is 0. The molecule has 74 valence electrons. The van der Waals surface area contributed by atoms with Crippen LogP contribution in [0.2, 0.25) is 0 Å². The Balaban J connectivity index is 2.63. The van der Waals surface area contributed by atoms with E-state index in [1.807, 2.05) is 6.20 Å². The summed E-state index contributed by atoms with van der Waals surface area (Å²) < 4.78 is 1.10. The van der Waals surface area contributed by atoms with Gasteiger partial charge < -0.3 is 0 Å². The van der Waals surface area contributed by atoms with Crippen LogP contribution >= 0.6 is 27.3 Å². The lowest BCUT2D eigenvalue weighted by Crippen LogP contribution is -2.15. The average molecular weight is 271 g/mol. The van der Waals surface area contributed by atoms with Crippen LogP contribution in [-0.2, 0) is 5.41 Å². The summed E-state index contributed by atoms with van der Waals surface area (Å²) in [7, 11) is 0. The highest BCUT2D eigenvalue weighted by molar-refractivity contribution is 9.11. The van der Waals surface area contributed by atoms with Crippen LogP contribution in [-0.4, -0.2) is 9.97 Å². The summed E-state index contributed by atoms with van der Waals surface area (Å²) in [5.74, 6) is 0.898. The van der Waals surface area contributed by atoms with Crippen molar-refractivity contribution in [2.45, 2.75) is 26.2 Å². The van der Waals surface area contributed by atoms with Gasteiger partial charge in [0.2, 0.25) is 0 Å². The summed E-state index contributed by atoms with van der Waals surface area (Å²) >= 11 is 5.13. The van der Waals surface area contributed by atoms with E-state index in [0.717, 1.165) is 20.5 Å². The van der Waals surface area contributed by atoms with E-state index in [1.54, 1.807) is 11.3 Å². The second-order valence-electron chi connectivity index (χ2n) is 4.25. The van der Waals surface area contributed by atoms with Crippen LogP contribution in [0.3, 0.4) is 0 Å². The first kappa shape index (κ1) is 10.1. The van der Waals surface area contributed by atoms with Gasteiger partial charge in [-0.1, -0.05) is 20.8 Å². The molecule has 2 aromatic rings. The van der Waals surface area contributed by atoms with Gasteiger partial charge in [0.1, 0.15) is 5.82 Å². The molecule has 0 radical (unpaired) electrons. The molecule has 0 unspecified atom stereocenters. The topological polar surface area (TPSA) is 25.8 Å². The highest BCUT2D eigenvalue weighted by atomic mass is 79.9. The monoisotopic (exact) mass is 270 g/mol. The summed E-state index contributed by atoms with van der Waals surface area (Å²) in [6, 6.07) is 0. The van der Waals surface area contributed by atoms with Crippen LogP contribution in [0.25, 0.3) is 10.9 Å². The maximum absolute atomic E-state index is 4.54. The number of nitrogens with zero attached hydrogens (tertiary/aromatic N) is 2. The maximum atomic E-state index is 4.54. The quantitative estimate of drug-likeness (QED) is 0.729. The minimum absolute atomic E-state index is 0.0165. The molecular formula is C10H11BrN2S. The zero-order chi connectivity index (χ0) is 10.3. The van der Waals surface area contributed by atoms with Crippen molar-refractivity contribution >= 4 is 38.2 Å². The Labute approximate surface area is 95.5 Å². The number of rotatable bonds is 0. The minimum atomic E-state index is 0.0165. The van der Waals surface area contributed by atoms with Gasteiger partial charge in [-0.05, 0) is 15.9 Å². The van der Waals surface area contributed by atoms with Crippen molar-refractivity contribution in [1.29, 1.82) is 0 Å². The Morgan fingerprint density at radius 1 is 1.36 bits per heavy atom. The molecule has 0 saturated carbocycles. The van der Waals surface area contributed by atoms with Crippen molar-refractivity contribution in [3.8, 4) is 0 Å². The van der Waals surface area contributed by atoms with Gasteiger partial charge in [-0.3, -0.25) is 0 Å². The first-order valence-corrected chi connectivity index (χ1v) is 6.06. The van der Waals surface area contributed by atoms with E-state index < -0.39 is 0 Å². The fourth-order valence-electron chi connectivity index (χ4n) is 1.17. The smallest absolute Gasteiger partial charge is 0.134 e. The van der Waals surface area contributed by atoms with Gasteiger partial charge >= 0.3 is 0 Å². The average Bonchev–Trinajstić information content (AvgIpc) is 2.46. The third kappa shape index (κ3) is 1.68. The summed E-state index contributed by atoms with van der Waals surface area (Å²) in [4.78, 5) is 8.91. The van der Waals surface area contributed by atoms with E-state index in [1.165, 1.54) is 0 Å². The molecular weight excluding hydrogens is 260 g/mol. The molecule has 2 rings (SSSR count). The number of halogens is 1. The Morgan fingerprint density at radius 3 is 2.71 bits per heavy atom. The molecule has 0 amide bonds. The molecule has 2 heterocycles. The SMILES string of the molecule is CC(C)(C)c1ncc2c(Br)scc2n1. The molecule has 0 aliphatic carbocycles. The highest BCUT2D eigenvalue weighted by Crippen LogP contribution is 2.30. The van der Waals surface area contributed by atoms with E-state index in [0.29, 0.717) is 0 Å². The standard InChI is InChI=1S/C10H11BrN2S/c1-10(2,3)9-12-4-6-7(13-9)5-14-8(6)11/h4-5H,1-3H3. The van der Waals surface area contributed by atoms with Gasteiger partial charge in [0, 0.05) is 22.4 Å². The fourth-order valence-corrected chi connectivity index (χ4v) is 2.43. The van der Waals surface area contributed by atoms with E-state index in [2.05, 4.69) is 52.0 Å². The fraction of sp³-hybridized carbons (Fsp3) is 0.400. The third-order valence-corrected chi connectivity index (χ3v) is 3.73. The summed E-state index contributed by atoms with van der Waals surface area (Å²) in [6.45, 7) is 6.36. The number of fused-ring (bicyclic) bond motifs is 1.